The van der Waals surface area contributed by atoms with Gasteiger partial charge in [0, 0.05) is 44.5 Å². The minimum Gasteiger partial charge on any atom is -0.493 e. The number of benzene rings is 3. The highest BCUT2D eigenvalue weighted by Crippen LogP contribution is 2.15. The van der Waals surface area contributed by atoms with Crippen LogP contribution in [0.2, 0.25) is 0 Å². The molecule has 362 valence electrons. The largest absolute Gasteiger partial charge is 0.493 e. The molecule has 71 heavy (non-hydrogen) atoms. The maximum Gasteiger partial charge on any atom is 0.307 e. The Labute approximate surface area is 416 Å². The number of nitrogens with zero attached hydrogens (tertiary/aromatic N) is 3. The second-order valence-corrected chi connectivity index (χ2v) is 14.6. The molecule has 0 saturated carbocycles. The molecule has 15 heteroatoms. The van der Waals surface area contributed by atoms with E-state index in [2.05, 4.69) is 114 Å². The zero-order valence-electron chi connectivity index (χ0n) is 40.1. The fourth-order valence-electron chi connectivity index (χ4n) is 5.52. The smallest absolute Gasteiger partial charge is 0.307 e. The fraction of sp³-hybridized carbons (Fsp3) is 0.321. The Hall–Kier alpha value is -9.20. The van der Waals surface area contributed by atoms with Crippen LogP contribution in [0, 0.1) is 96.7 Å². The van der Waals surface area contributed by atoms with Crippen LogP contribution in [0.25, 0.3) is 0 Å². The average Bonchev–Trinajstić information content (AvgIpc) is 3.35. The molecule has 0 aliphatic rings. The van der Waals surface area contributed by atoms with E-state index in [4.69, 9.17) is 28.4 Å². The number of esters is 3. The highest BCUT2D eigenvalue weighted by molar-refractivity contribution is 5.71. The van der Waals surface area contributed by atoms with Crippen molar-refractivity contribution in [3.63, 3.8) is 0 Å². The second kappa shape index (κ2) is 34.1. The van der Waals surface area contributed by atoms with Gasteiger partial charge in [-0.05, 0) is 145 Å². The van der Waals surface area contributed by atoms with Gasteiger partial charge in [0.25, 0.3) is 0 Å². The van der Waals surface area contributed by atoms with Crippen LogP contribution in [0.1, 0.15) is 62.1 Å². The van der Waals surface area contributed by atoms with Crippen molar-refractivity contribution >= 4 is 35.8 Å². The molecule has 0 spiro atoms. The van der Waals surface area contributed by atoms with Gasteiger partial charge < -0.3 is 44.4 Å². The summed E-state index contributed by atoms with van der Waals surface area (Å²) in [7, 11) is 0. The first-order valence-electron chi connectivity index (χ1n) is 22.7. The molecule has 15 nitrogen and oxygen atoms in total. The lowest BCUT2D eigenvalue weighted by Gasteiger charge is -2.12. The van der Waals surface area contributed by atoms with Gasteiger partial charge in [-0.25, -0.2) is 0 Å². The van der Waals surface area contributed by atoms with E-state index < -0.39 is 17.9 Å². The molecule has 0 atom stereocenters. The lowest BCUT2D eigenvalue weighted by atomic mass is 10.2. The minimum atomic E-state index is -0.434. The van der Waals surface area contributed by atoms with Crippen LogP contribution >= 0.6 is 0 Å². The van der Waals surface area contributed by atoms with E-state index in [0.29, 0.717) is 50.4 Å². The molecule has 0 fully saturated rings. The number of aromatic nitrogens is 3. The molecule has 3 N–H and O–H groups in total. The van der Waals surface area contributed by atoms with E-state index in [-0.39, 0.29) is 76.6 Å². The van der Waals surface area contributed by atoms with Crippen molar-refractivity contribution in [2.75, 3.05) is 75.2 Å². The molecule has 1 aromatic heterocycles. The Morgan fingerprint density at radius 2 is 0.803 bits per heavy atom. The van der Waals surface area contributed by atoms with Gasteiger partial charge in [0.05, 0.1) is 58.9 Å². The number of nitrogens with one attached hydrogen (secondary N) is 3. The molecule has 0 amide bonds. The van der Waals surface area contributed by atoms with E-state index in [1.54, 1.807) is 19.1 Å². The number of carbonyl (C=O) groups excluding carboxylic acids is 3. The van der Waals surface area contributed by atoms with Crippen LogP contribution in [-0.4, -0.2) is 92.1 Å². The van der Waals surface area contributed by atoms with Crippen LogP contribution in [-0.2, 0) is 28.6 Å². The van der Waals surface area contributed by atoms with E-state index in [0.717, 1.165) is 22.6 Å². The van der Waals surface area contributed by atoms with Crippen LogP contribution in [0.3, 0.4) is 0 Å². The summed E-state index contributed by atoms with van der Waals surface area (Å²) in [6.07, 6.45) is 1.64. The van der Waals surface area contributed by atoms with Gasteiger partial charge in [-0.15, -0.1) is 0 Å². The van der Waals surface area contributed by atoms with E-state index in [1.807, 2.05) is 74.5 Å². The summed E-state index contributed by atoms with van der Waals surface area (Å²) in [6, 6.07) is 22.7. The molecule has 1 heterocycles. The predicted molar refractivity (Wildman–Crippen MR) is 270 cm³/mol. The fourth-order valence-corrected chi connectivity index (χ4v) is 5.52. The maximum atomic E-state index is 12.6. The van der Waals surface area contributed by atoms with E-state index >= 15 is 0 Å². The summed E-state index contributed by atoms with van der Waals surface area (Å²) in [5.74, 6) is 38.0. The molecule has 4 aromatic rings. The van der Waals surface area contributed by atoms with Gasteiger partial charge in [-0.2, -0.15) is 15.0 Å². The zero-order valence-corrected chi connectivity index (χ0v) is 40.1. The number of hydrogen-bond acceptors (Lipinski definition) is 15. The van der Waals surface area contributed by atoms with Gasteiger partial charge in [-0.1, -0.05) is 42.2 Å². The second-order valence-electron chi connectivity index (χ2n) is 14.6. The van der Waals surface area contributed by atoms with Crippen LogP contribution in [0.15, 0.2) is 72.8 Å². The Morgan fingerprint density at radius 3 is 1.18 bits per heavy atom. The monoisotopic (exact) mass is 954 g/mol. The third kappa shape index (κ3) is 26.1. The maximum absolute atomic E-state index is 12.6. The van der Waals surface area contributed by atoms with Gasteiger partial charge in [0.1, 0.15) is 17.2 Å². The van der Waals surface area contributed by atoms with Crippen molar-refractivity contribution in [2.45, 2.75) is 59.3 Å². The van der Waals surface area contributed by atoms with E-state index in [1.165, 1.54) is 0 Å². The quantitative estimate of drug-likeness (QED) is 0.0261. The molecular formula is C56H54N6O9. The minimum absolute atomic E-state index is 0.0181. The van der Waals surface area contributed by atoms with Crippen molar-refractivity contribution in [2.24, 2.45) is 0 Å². The number of anilines is 3. The first kappa shape index (κ1) is 54.4. The lowest BCUT2D eigenvalue weighted by Crippen LogP contribution is -2.18. The summed E-state index contributed by atoms with van der Waals surface area (Å²) in [6.45, 7) is 7.85. The van der Waals surface area contributed by atoms with Crippen molar-refractivity contribution in [1.82, 2.24) is 15.0 Å². The summed E-state index contributed by atoms with van der Waals surface area (Å²) < 4.78 is 33.3. The molecule has 3 aromatic carbocycles. The first-order chi connectivity index (χ1) is 34.7. The predicted octanol–water partition coefficient (Wildman–Crippen LogP) is 6.32. The van der Waals surface area contributed by atoms with Gasteiger partial charge >= 0.3 is 17.9 Å². The summed E-state index contributed by atoms with van der Waals surface area (Å²) in [5.41, 5.74) is 2.90. The Kier molecular flexibility index (Phi) is 26.2. The highest BCUT2D eigenvalue weighted by atomic mass is 16.5. The molecule has 0 aliphatic carbocycles. The standard InChI is InChI=1S/C56H54N6O9/c1-4-5-6-7-8-9-10-11-12-13-14-15-16-25-47-26-19-29-50(44-47)68-38-22-41-71-53(65)32-35-59-56-61-54(57-33-30-51(63)69-39-20-36-66-48-27-17-23-45(2)42-48)60-55(62-56)58-34-31-52(64)70-40-21-37-67-49-28-18-24-46(3)43-49/h17-19,23-24,26-29,42-44H,20-22,30-41H2,1-3H3,(H3,57,58,59,60,61,62). The third-order valence-electron chi connectivity index (χ3n) is 8.77. The Morgan fingerprint density at radius 1 is 0.451 bits per heavy atom. The van der Waals surface area contributed by atoms with Crippen molar-refractivity contribution in [1.29, 1.82) is 0 Å². The van der Waals surface area contributed by atoms with Crippen LogP contribution < -0.4 is 30.2 Å². The zero-order chi connectivity index (χ0) is 50.4. The van der Waals surface area contributed by atoms with Crippen molar-refractivity contribution in [3.05, 3.63) is 89.5 Å². The summed E-state index contributed by atoms with van der Waals surface area (Å²) in [4.78, 5) is 50.6. The lowest BCUT2D eigenvalue weighted by molar-refractivity contribution is -0.144. The van der Waals surface area contributed by atoms with Crippen molar-refractivity contribution in [3.8, 4) is 100 Å². The summed E-state index contributed by atoms with van der Waals surface area (Å²) >= 11 is 0. The average molecular weight is 955 g/mol. The first-order valence-corrected chi connectivity index (χ1v) is 22.7. The molecule has 0 radical (unpaired) electrons. The molecular weight excluding hydrogens is 901 g/mol. The van der Waals surface area contributed by atoms with Gasteiger partial charge in [0.15, 0.2) is 0 Å². The van der Waals surface area contributed by atoms with Gasteiger partial charge in [0.2, 0.25) is 17.8 Å². The van der Waals surface area contributed by atoms with Crippen LogP contribution in [0.4, 0.5) is 17.8 Å². The van der Waals surface area contributed by atoms with Crippen molar-refractivity contribution < 1.29 is 42.8 Å². The number of hydrogen-bond donors (Lipinski definition) is 3. The molecule has 0 bridgehead atoms. The summed E-state index contributed by atoms with van der Waals surface area (Å²) in [5, 5.41) is 9.05. The van der Waals surface area contributed by atoms with Crippen LogP contribution in [0.5, 0.6) is 17.2 Å². The third-order valence-corrected chi connectivity index (χ3v) is 8.77. The van der Waals surface area contributed by atoms with Gasteiger partial charge in [-0.3, -0.25) is 14.4 Å². The molecule has 0 saturated heterocycles. The molecule has 0 aliphatic heterocycles. The topological polar surface area (TPSA) is 181 Å². The van der Waals surface area contributed by atoms with E-state index in [9.17, 15) is 14.4 Å². The Bertz CT molecular complexity index is 2760. The number of carbonyl (C=O) groups is 3. The number of aryl methyl sites for hydroxylation is 2. The highest BCUT2D eigenvalue weighted by Gasteiger charge is 2.11. The normalized spacial score (nSPS) is 9.28. The number of ether oxygens (including phenoxy) is 6. The molecule has 4 rings (SSSR count). The molecule has 0 unspecified atom stereocenters. The number of rotatable bonds is 27. The SMILES string of the molecule is CC#CC#CC#CC#CC#CC#CC#Cc1cccc(OCCCOC(=O)CCNc2nc(NCCC(=O)OCCCOc3cccc(C)c3)nc(NCCC(=O)OCCCOc3cccc(C)c3)n2)c1. The Balaban J connectivity index is 1.17.